The summed E-state index contributed by atoms with van der Waals surface area (Å²) in [7, 11) is 0. The SMILES string of the molecule is NNC(C1=CCCCC1)c1cc2ccccc2s1. The van der Waals surface area contributed by atoms with Crippen LogP contribution in [0.15, 0.2) is 42.0 Å². The third-order valence-electron chi connectivity index (χ3n) is 3.59. The first-order valence-corrected chi connectivity index (χ1v) is 7.33. The van der Waals surface area contributed by atoms with Crippen molar-refractivity contribution in [2.45, 2.75) is 31.7 Å². The Balaban J connectivity index is 1.97. The van der Waals surface area contributed by atoms with E-state index in [1.165, 1.54) is 46.2 Å². The molecule has 1 atom stereocenters. The second-order valence-electron chi connectivity index (χ2n) is 4.81. The summed E-state index contributed by atoms with van der Waals surface area (Å²) >= 11 is 1.84. The Hall–Kier alpha value is -1.16. The minimum Gasteiger partial charge on any atom is -0.271 e. The molecule has 1 aliphatic rings. The van der Waals surface area contributed by atoms with Crippen molar-refractivity contribution in [3.63, 3.8) is 0 Å². The third kappa shape index (κ3) is 2.21. The first-order chi connectivity index (χ1) is 8.88. The van der Waals surface area contributed by atoms with E-state index in [-0.39, 0.29) is 6.04 Å². The minimum atomic E-state index is 0.197. The lowest BCUT2D eigenvalue weighted by molar-refractivity contribution is 0.572. The second kappa shape index (κ2) is 5.22. The minimum absolute atomic E-state index is 0.197. The molecule has 2 nitrogen and oxygen atoms in total. The highest BCUT2D eigenvalue weighted by Gasteiger charge is 2.18. The van der Waals surface area contributed by atoms with Crippen LogP contribution in [-0.4, -0.2) is 0 Å². The molecule has 0 saturated heterocycles. The zero-order valence-electron chi connectivity index (χ0n) is 10.4. The van der Waals surface area contributed by atoms with Crippen molar-refractivity contribution in [3.8, 4) is 0 Å². The molecule has 1 aromatic heterocycles. The highest BCUT2D eigenvalue weighted by atomic mass is 32.1. The Bertz CT molecular complexity index is 538. The van der Waals surface area contributed by atoms with Crippen molar-refractivity contribution in [3.05, 3.63) is 46.9 Å². The maximum absolute atomic E-state index is 5.77. The molecule has 3 rings (SSSR count). The predicted molar refractivity (Wildman–Crippen MR) is 78.4 cm³/mol. The molecule has 0 radical (unpaired) electrons. The van der Waals surface area contributed by atoms with E-state index in [1.807, 2.05) is 11.3 Å². The average Bonchev–Trinajstić information content (AvgIpc) is 2.84. The van der Waals surface area contributed by atoms with E-state index in [9.17, 15) is 0 Å². The van der Waals surface area contributed by atoms with Crippen LogP contribution in [0, 0.1) is 0 Å². The smallest absolute Gasteiger partial charge is 0.0763 e. The summed E-state index contributed by atoms with van der Waals surface area (Å²) in [5.74, 6) is 5.77. The summed E-state index contributed by atoms with van der Waals surface area (Å²) in [6.45, 7) is 0. The van der Waals surface area contributed by atoms with Gasteiger partial charge in [-0.15, -0.1) is 11.3 Å². The van der Waals surface area contributed by atoms with Crippen LogP contribution in [0.5, 0.6) is 0 Å². The number of nitrogens with one attached hydrogen (secondary N) is 1. The summed E-state index contributed by atoms with van der Waals surface area (Å²) in [6.07, 6.45) is 7.32. The van der Waals surface area contributed by atoms with Crippen molar-refractivity contribution in [1.82, 2.24) is 5.43 Å². The largest absolute Gasteiger partial charge is 0.271 e. The maximum Gasteiger partial charge on any atom is 0.0763 e. The molecule has 3 heteroatoms. The molecule has 1 unspecified atom stereocenters. The molecule has 94 valence electrons. The van der Waals surface area contributed by atoms with Crippen molar-refractivity contribution in [2.24, 2.45) is 5.84 Å². The Morgan fingerprint density at radius 1 is 1.22 bits per heavy atom. The number of rotatable bonds is 3. The zero-order chi connectivity index (χ0) is 12.4. The van der Waals surface area contributed by atoms with E-state index >= 15 is 0 Å². The molecular weight excluding hydrogens is 240 g/mol. The normalized spacial score (nSPS) is 17.7. The van der Waals surface area contributed by atoms with Gasteiger partial charge in [-0.05, 0) is 43.2 Å². The van der Waals surface area contributed by atoms with Gasteiger partial charge in [0.1, 0.15) is 0 Å². The van der Waals surface area contributed by atoms with Crippen LogP contribution in [0.1, 0.15) is 36.6 Å². The van der Waals surface area contributed by atoms with Gasteiger partial charge < -0.3 is 0 Å². The lowest BCUT2D eigenvalue weighted by Gasteiger charge is -2.21. The van der Waals surface area contributed by atoms with Crippen LogP contribution in [0.25, 0.3) is 10.1 Å². The first kappa shape index (κ1) is 11.9. The first-order valence-electron chi connectivity index (χ1n) is 6.52. The standard InChI is InChI=1S/C15H18N2S/c16-17-15(11-6-2-1-3-7-11)14-10-12-8-4-5-9-13(12)18-14/h4-6,8-10,15,17H,1-3,7,16H2. The summed E-state index contributed by atoms with van der Waals surface area (Å²) in [6, 6.07) is 11.0. The van der Waals surface area contributed by atoms with Crippen molar-refractivity contribution >= 4 is 21.4 Å². The number of hydrogen-bond donors (Lipinski definition) is 2. The van der Waals surface area contributed by atoms with Gasteiger partial charge in [0, 0.05) is 9.58 Å². The Morgan fingerprint density at radius 3 is 2.83 bits per heavy atom. The van der Waals surface area contributed by atoms with Crippen molar-refractivity contribution < 1.29 is 0 Å². The molecule has 3 N–H and O–H groups in total. The Morgan fingerprint density at radius 2 is 2.11 bits per heavy atom. The van der Waals surface area contributed by atoms with Crippen LogP contribution in [-0.2, 0) is 0 Å². The highest BCUT2D eigenvalue weighted by molar-refractivity contribution is 7.19. The van der Waals surface area contributed by atoms with E-state index in [2.05, 4.69) is 41.8 Å². The van der Waals surface area contributed by atoms with E-state index in [0.717, 1.165) is 0 Å². The van der Waals surface area contributed by atoms with Gasteiger partial charge in [0.15, 0.2) is 0 Å². The van der Waals surface area contributed by atoms with E-state index < -0.39 is 0 Å². The van der Waals surface area contributed by atoms with Crippen LogP contribution in [0.4, 0.5) is 0 Å². The molecule has 0 aliphatic heterocycles. The van der Waals surface area contributed by atoms with E-state index in [0.29, 0.717) is 0 Å². The Kier molecular flexibility index (Phi) is 3.46. The molecule has 1 aromatic carbocycles. The van der Waals surface area contributed by atoms with Crippen LogP contribution >= 0.6 is 11.3 Å². The predicted octanol–water partition coefficient (Wildman–Crippen LogP) is 3.91. The molecule has 0 fully saturated rings. The van der Waals surface area contributed by atoms with Gasteiger partial charge in [-0.2, -0.15) is 0 Å². The van der Waals surface area contributed by atoms with Gasteiger partial charge in [0.05, 0.1) is 6.04 Å². The van der Waals surface area contributed by atoms with Gasteiger partial charge in [-0.1, -0.05) is 29.8 Å². The van der Waals surface area contributed by atoms with Crippen LogP contribution < -0.4 is 11.3 Å². The monoisotopic (exact) mass is 258 g/mol. The number of allylic oxidation sites excluding steroid dienone is 1. The fourth-order valence-corrected chi connectivity index (χ4v) is 3.81. The molecule has 2 aromatic rings. The fourth-order valence-electron chi connectivity index (χ4n) is 2.64. The molecule has 0 spiro atoms. The summed E-state index contributed by atoms with van der Waals surface area (Å²) in [4.78, 5) is 1.33. The maximum atomic E-state index is 5.77. The number of hydrazine groups is 1. The molecule has 0 amide bonds. The Labute approximate surface area is 111 Å². The van der Waals surface area contributed by atoms with Crippen LogP contribution in [0.3, 0.4) is 0 Å². The number of hydrogen-bond acceptors (Lipinski definition) is 3. The van der Waals surface area contributed by atoms with Gasteiger partial charge in [0.2, 0.25) is 0 Å². The number of nitrogens with two attached hydrogens (primary N) is 1. The molecule has 18 heavy (non-hydrogen) atoms. The van der Waals surface area contributed by atoms with E-state index in [4.69, 9.17) is 5.84 Å². The molecule has 0 saturated carbocycles. The van der Waals surface area contributed by atoms with Crippen molar-refractivity contribution in [1.29, 1.82) is 0 Å². The average molecular weight is 258 g/mol. The van der Waals surface area contributed by atoms with Crippen molar-refractivity contribution in [2.75, 3.05) is 0 Å². The number of benzene rings is 1. The molecule has 1 aliphatic carbocycles. The number of fused-ring (bicyclic) bond motifs is 1. The topological polar surface area (TPSA) is 38.0 Å². The van der Waals surface area contributed by atoms with Gasteiger partial charge >= 0.3 is 0 Å². The van der Waals surface area contributed by atoms with E-state index in [1.54, 1.807) is 0 Å². The lowest BCUT2D eigenvalue weighted by Crippen LogP contribution is -2.29. The molecule has 0 bridgehead atoms. The number of thiophene rings is 1. The van der Waals surface area contributed by atoms with Gasteiger partial charge in [-0.3, -0.25) is 5.84 Å². The lowest BCUT2D eigenvalue weighted by atomic mass is 9.93. The molecule has 1 heterocycles. The second-order valence-corrected chi connectivity index (χ2v) is 5.93. The zero-order valence-corrected chi connectivity index (χ0v) is 11.2. The summed E-state index contributed by atoms with van der Waals surface area (Å²) in [5, 5.41) is 1.31. The fraction of sp³-hybridized carbons (Fsp3) is 0.333. The quantitative estimate of drug-likeness (QED) is 0.498. The van der Waals surface area contributed by atoms with Gasteiger partial charge in [0.25, 0.3) is 0 Å². The summed E-state index contributed by atoms with van der Waals surface area (Å²) in [5.41, 5.74) is 4.45. The molecular formula is C15H18N2S. The third-order valence-corrected chi connectivity index (χ3v) is 4.77. The highest BCUT2D eigenvalue weighted by Crippen LogP contribution is 2.35. The summed E-state index contributed by atoms with van der Waals surface area (Å²) < 4.78 is 1.34. The van der Waals surface area contributed by atoms with Crippen LogP contribution in [0.2, 0.25) is 0 Å². The van der Waals surface area contributed by atoms with Gasteiger partial charge in [-0.25, -0.2) is 5.43 Å².